The van der Waals surface area contributed by atoms with Crippen molar-refractivity contribution in [2.24, 2.45) is 17.3 Å². The summed E-state index contributed by atoms with van der Waals surface area (Å²) in [5, 5.41) is 9.32. The van der Waals surface area contributed by atoms with E-state index in [1.54, 1.807) is 6.92 Å². The van der Waals surface area contributed by atoms with Crippen LogP contribution in [0.4, 0.5) is 0 Å². The first-order chi connectivity index (χ1) is 6.44. The number of allylic oxidation sites excluding steroid dienone is 2. The van der Waals surface area contributed by atoms with Crippen LogP contribution in [0.1, 0.15) is 33.6 Å². The topological polar surface area (TPSA) is 37.3 Å². The summed E-state index contributed by atoms with van der Waals surface area (Å²) in [5.74, 6) is 0.669. The molecule has 14 heavy (non-hydrogen) atoms. The first-order valence-corrected chi connectivity index (χ1v) is 5.35. The van der Waals surface area contributed by atoms with E-state index in [2.05, 4.69) is 19.9 Å². The smallest absolute Gasteiger partial charge is 0.164 e. The van der Waals surface area contributed by atoms with Gasteiger partial charge in [-0.1, -0.05) is 18.6 Å². The number of ketones is 1. The van der Waals surface area contributed by atoms with Crippen LogP contribution in [-0.4, -0.2) is 17.0 Å². The van der Waals surface area contributed by atoms with Gasteiger partial charge in [0, 0.05) is 5.92 Å². The van der Waals surface area contributed by atoms with Crippen molar-refractivity contribution in [3.63, 3.8) is 0 Å². The molecule has 2 aliphatic rings. The predicted octanol–water partition coefficient (Wildman–Crippen LogP) is 1.93. The molecule has 0 heterocycles. The third-order valence-corrected chi connectivity index (χ3v) is 3.96. The van der Waals surface area contributed by atoms with Gasteiger partial charge in [-0.05, 0) is 38.0 Å². The standard InChI is InChI=1S/C12H18O2/c1-7-5-12(3)6-9(7)4-10(12)11(14)8(2)13/h5,8-10,13H,4,6H2,1-3H3/t8-,9+,10+,12+/m0/s1. The number of hydrogen-bond donors (Lipinski definition) is 1. The van der Waals surface area contributed by atoms with Gasteiger partial charge < -0.3 is 5.11 Å². The lowest BCUT2D eigenvalue weighted by molar-refractivity contribution is -0.132. The van der Waals surface area contributed by atoms with Crippen LogP contribution in [0.2, 0.25) is 0 Å². The number of rotatable bonds is 2. The van der Waals surface area contributed by atoms with E-state index in [9.17, 15) is 9.90 Å². The minimum Gasteiger partial charge on any atom is -0.386 e. The highest BCUT2D eigenvalue weighted by atomic mass is 16.3. The maximum absolute atomic E-state index is 11.8. The Morgan fingerprint density at radius 3 is 2.71 bits per heavy atom. The lowest BCUT2D eigenvalue weighted by Gasteiger charge is -2.28. The summed E-state index contributed by atoms with van der Waals surface area (Å²) < 4.78 is 0. The molecule has 0 aromatic rings. The maximum atomic E-state index is 11.8. The molecular weight excluding hydrogens is 176 g/mol. The van der Waals surface area contributed by atoms with E-state index in [0.717, 1.165) is 12.8 Å². The molecule has 2 aliphatic carbocycles. The van der Waals surface area contributed by atoms with Gasteiger partial charge in [0.05, 0.1) is 0 Å². The molecule has 2 rings (SSSR count). The van der Waals surface area contributed by atoms with Crippen LogP contribution in [0.3, 0.4) is 0 Å². The highest BCUT2D eigenvalue weighted by molar-refractivity contribution is 5.86. The molecule has 0 aliphatic heterocycles. The molecule has 1 N–H and O–H groups in total. The maximum Gasteiger partial charge on any atom is 0.164 e. The average Bonchev–Trinajstić information content (AvgIpc) is 2.54. The van der Waals surface area contributed by atoms with E-state index in [0.29, 0.717) is 5.92 Å². The largest absolute Gasteiger partial charge is 0.386 e. The van der Waals surface area contributed by atoms with E-state index in [1.807, 2.05) is 0 Å². The lowest BCUT2D eigenvalue weighted by Crippen LogP contribution is -2.33. The average molecular weight is 194 g/mol. The fourth-order valence-corrected chi connectivity index (χ4v) is 3.19. The van der Waals surface area contributed by atoms with Gasteiger partial charge in [0.1, 0.15) is 6.10 Å². The molecule has 2 nitrogen and oxygen atoms in total. The van der Waals surface area contributed by atoms with Crippen LogP contribution in [0.15, 0.2) is 11.6 Å². The Kier molecular flexibility index (Phi) is 2.07. The first-order valence-electron chi connectivity index (χ1n) is 5.35. The highest BCUT2D eigenvalue weighted by Crippen LogP contribution is 2.56. The summed E-state index contributed by atoms with van der Waals surface area (Å²) in [6.45, 7) is 5.88. The van der Waals surface area contributed by atoms with Gasteiger partial charge in [0.15, 0.2) is 5.78 Å². The first kappa shape index (κ1) is 9.91. The molecule has 4 atom stereocenters. The Morgan fingerprint density at radius 1 is 1.71 bits per heavy atom. The van der Waals surface area contributed by atoms with Crippen molar-refractivity contribution in [3.05, 3.63) is 11.6 Å². The minimum atomic E-state index is -0.801. The number of aliphatic hydroxyl groups is 1. The van der Waals surface area contributed by atoms with Gasteiger partial charge >= 0.3 is 0 Å². The summed E-state index contributed by atoms with van der Waals surface area (Å²) in [5.41, 5.74) is 1.46. The molecule has 2 bridgehead atoms. The Bertz CT molecular complexity index is 303. The van der Waals surface area contributed by atoms with Crippen molar-refractivity contribution in [2.75, 3.05) is 0 Å². The summed E-state index contributed by atoms with van der Waals surface area (Å²) in [7, 11) is 0. The Hall–Kier alpha value is -0.630. The second-order valence-corrected chi connectivity index (χ2v) is 5.16. The SMILES string of the molecule is CC1=C[C@]2(C)C[C@H]1C[C@@H]2C(=O)[C@H](C)O. The zero-order valence-corrected chi connectivity index (χ0v) is 9.08. The van der Waals surface area contributed by atoms with Crippen molar-refractivity contribution >= 4 is 5.78 Å². The zero-order valence-electron chi connectivity index (χ0n) is 9.08. The van der Waals surface area contributed by atoms with Crippen LogP contribution >= 0.6 is 0 Å². The predicted molar refractivity (Wildman–Crippen MR) is 54.8 cm³/mol. The number of Topliss-reactive ketones (excluding diaryl/α,β-unsaturated/α-hetero) is 1. The summed E-state index contributed by atoms with van der Waals surface area (Å²) >= 11 is 0. The molecule has 0 unspecified atom stereocenters. The van der Waals surface area contributed by atoms with Gasteiger partial charge in [-0.15, -0.1) is 0 Å². The van der Waals surface area contributed by atoms with Gasteiger partial charge in [-0.25, -0.2) is 0 Å². The Labute approximate surface area is 85.0 Å². The van der Waals surface area contributed by atoms with Gasteiger partial charge in [-0.2, -0.15) is 0 Å². The van der Waals surface area contributed by atoms with Crippen molar-refractivity contribution < 1.29 is 9.90 Å². The van der Waals surface area contributed by atoms with E-state index in [-0.39, 0.29) is 17.1 Å². The monoisotopic (exact) mass is 194 g/mol. The third-order valence-electron chi connectivity index (χ3n) is 3.96. The molecule has 0 aromatic carbocycles. The highest BCUT2D eigenvalue weighted by Gasteiger charge is 2.50. The summed E-state index contributed by atoms with van der Waals surface area (Å²) in [6, 6.07) is 0. The second-order valence-electron chi connectivity index (χ2n) is 5.16. The minimum absolute atomic E-state index is 0.0266. The number of fused-ring (bicyclic) bond motifs is 2. The van der Waals surface area contributed by atoms with Crippen molar-refractivity contribution in [2.45, 2.75) is 39.7 Å². The zero-order chi connectivity index (χ0) is 10.5. The molecule has 2 heteroatoms. The fraction of sp³-hybridized carbons (Fsp3) is 0.750. The molecule has 0 radical (unpaired) electrons. The van der Waals surface area contributed by atoms with Gasteiger partial charge in [-0.3, -0.25) is 4.79 Å². The van der Waals surface area contributed by atoms with Crippen LogP contribution in [0.25, 0.3) is 0 Å². The van der Waals surface area contributed by atoms with Crippen LogP contribution in [0.5, 0.6) is 0 Å². The molecule has 0 amide bonds. The molecule has 0 saturated heterocycles. The summed E-state index contributed by atoms with van der Waals surface area (Å²) in [6.07, 6.45) is 3.49. The van der Waals surface area contributed by atoms with Crippen molar-refractivity contribution in [1.29, 1.82) is 0 Å². The molecule has 78 valence electrons. The normalized spacial score (nSPS) is 42.4. The number of hydrogen-bond acceptors (Lipinski definition) is 2. The Morgan fingerprint density at radius 2 is 2.36 bits per heavy atom. The van der Waals surface area contributed by atoms with E-state index in [4.69, 9.17) is 0 Å². The van der Waals surface area contributed by atoms with Gasteiger partial charge in [0.25, 0.3) is 0 Å². The van der Waals surface area contributed by atoms with Crippen LogP contribution in [-0.2, 0) is 4.79 Å². The molecule has 0 aromatic heterocycles. The quantitative estimate of drug-likeness (QED) is 0.682. The Balaban J connectivity index is 2.23. The fourth-order valence-electron chi connectivity index (χ4n) is 3.19. The molecule has 0 spiro atoms. The number of carbonyl (C=O) groups excluding carboxylic acids is 1. The van der Waals surface area contributed by atoms with Crippen molar-refractivity contribution in [3.8, 4) is 0 Å². The van der Waals surface area contributed by atoms with Crippen LogP contribution in [0, 0.1) is 17.3 Å². The van der Waals surface area contributed by atoms with Gasteiger partial charge in [0.2, 0.25) is 0 Å². The van der Waals surface area contributed by atoms with E-state index in [1.165, 1.54) is 5.57 Å². The number of aliphatic hydroxyl groups excluding tert-OH is 1. The van der Waals surface area contributed by atoms with E-state index >= 15 is 0 Å². The third kappa shape index (κ3) is 1.24. The molecule has 1 saturated carbocycles. The molecule has 1 fully saturated rings. The lowest BCUT2D eigenvalue weighted by atomic mass is 9.75. The van der Waals surface area contributed by atoms with Crippen LogP contribution < -0.4 is 0 Å². The second kappa shape index (κ2) is 2.93. The molecular formula is C12H18O2. The van der Waals surface area contributed by atoms with E-state index < -0.39 is 6.10 Å². The number of carbonyl (C=O) groups is 1. The van der Waals surface area contributed by atoms with Crippen molar-refractivity contribution in [1.82, 2.24) is 0 Å². The summed E-state index contributed by atoms with van der Waals surface area (Å²) in [4.78, 5) is 11.8.